The predicted molar refractivity (Wildman–Crippen MR) is 84.7 cm³/mol. The molecule has 0 spiro atoms. The van der Waals surface area contributed by atoms with Crippen LogP contribution >= 0.6 is 12.2 Å². The highest BCUT2D eigenvalue weighted by Crippen LogP contribution is 2.25. The van der Waals surface area contributed by atoms with Crippen molar-refractivity contribution in [2.45, 2.75) is 39.3 Å². The zero-order valence-corrected chi connectivity index (χ0v) is 13.3. The van der Waals surface area contributed by atoms with Crippen LogP contribution in [0.15, 0.2) is 18.2 Å². The Morgan fingerprint density at radius 1 is 1.42 bits per heavy atom. The van der Waals surface area contributed by atoms with Gasteiger partial charge in [-0.05, 0) is 45.5 Å². The van der Waals surface area contributed by atoms with Gasteiger partial charge >= 0.3 is 0 Å². The molecule has 2 N–H and O–H groups in total. The summed E-state index contributed by atoms with van der Waals surface area (Å²) in [6.45, 7) is 7.47. The first-order chi connectivity index (χ1) is 8.81. The Morgan fingerprint density at radius 3 is 2.53 bits per heavy atom. The van der Waals surface area contributed by atoms with E-state index in [1.807, 2.05) is 18.2 Å². The third kappa shape index (κ3) is 3.91. The quantitative estimate of drug-likeness (QED) is 0.813. The highest BCUT2D eigenvalue weighted by molar-refractivity contribution is 7.80. The minimum Gasteiger partial charge on any atom is -0.496 e. The van der Waals surface area contributed by atoms with Crippen molar-refractivity contribution < 1.29 is 4.74 Å². The van der Waals surface area contributed by atoms with Crippen LogP contribution < -0.4 is 10.5 Å². The van der Waals surface area contributed by atoms with Crippen LogP contribution in [0.2, 0.25) is 0 Å². The molecule has 19 heavy (non-hydrogen) atoms. The molecule has 1 rings (SSSR count). The summed E-state index contributed by atoms with van der Waals surface area (Å²) in [4.78, 5) is 2.73. The van der Waals surface area contributed by atoms with E-state index in [1.165, 1.54) is 0 Å². The van der Waals surface area contributed by atoms with Gasteiger partial charge in [0.1, 0.15) is 10.7 Å². The molecule has 0 aliphatic rings. The van der Waals surface area contributed by atoms with Gasteiger partial charge in [0, 0.05) is 23.2 Å². The molecule has 0 amide bonds. The van der Waals surface area contributed by atoms with Gasteiger partial charge in [-0.3, -0.25) is 4.90 Å². The maximum absolute atomic E-state index is 5.69. The van der Waals surface area contributed by atoms with Crippen LogP contribution in [0.1, 0.15) is 38.3 Å². The molecule has 106 valence electrons. The third-order valence-corrected chi connectivity index (χ3v) is 4.11. The lowest BCUT2D eigenvalue weighted by atomic mass is 9.98. The maximum Gasteiger partial charge on any atom is 0.123 e. The Labute approximate surface area is 121 Å². The zero-order chi connectivity index (χ0) is 14.6. The van der Waals surface area contributed by atoms with Crippen LogP contribution in [-0.4, -0.2) is 29.6 Å². The van der Waals surface area contributed by atoms with E-state index in [1.54, 1.807) is 7.11 Å². The second-order valence-corrected chi connectivity index (χ2v) is 5.85. The van der Waals surface area contributed by atoms with Crippen molar-refractivity contribution in [2.75, 3.05) is 14.2 Å². The fourth-order valence-corrected chi connectivity index (χ4v) is 1.92. The van der Waals surface area contributed by atoms with Crippen molar-refractivity contribution >= 4 is 17.2 Å². The normalized spacial score (nSPS) is 11.7. The van der Waals surface area contributed by atoms with Gasteiger partial charge in [-0.25, -0.2) is 0 Å². The highest BCUT2D eigenvalue weighted by Gasteiger charge is 2.22. The molecular weight excluding hydrogens is 256 g/mol. The van der Waals surface area contributed by atoms with Crippen molar-refractivity contribution in [1.29, 1.82) is 0 Å². The fourth-order valence-electron chi connectivity index (χ4n) is 1.79. The summed E-state index contributed by atoms with van der Waals surface area (Å²) in [5.41, 5.74) is 7.83. The number of ether oxygens (including phenoxy) is 1. The molecule has 0 bridgehead atoms. The molecule has 1 aromatic carbocycles. The lowest BCUT2D eigenvalue weighted by Crippen LogP contribution is -2.39. The number of thiocarbonyl (C=S) groups is 1. The van der Waals surface area contributed by atoms with Gasteiger partial charge in [0.2, 0.25) is 0 Å². The average Bonchev–Trinajstić information content (AvgIpc) is 2.38. The molecular formula is C15H24N2OS. The summed E-state index contributed by atoms with van der Waals surface area (Å²) in [6.07, 6.45) is 1.08. The molecule has 0 heterocycles. The van der Waals surface area contributed by atoms with Crippen LogP contribution in [-0.2, 0) is 6.54 Å². The summed E-state index contributed by atoms with van der Waals surface area (Å²) in [5, 5.41) is 0. The minimum atomic E-state index is 0.143. The van der Waals surface area contributed by atoms with Gasteiger partial charge in [0.15, 0.2) is 0 Å². The van der Waals surface area contributed by atoms with Crippen molar-refractivity contribution in [3.8, 4) is 5.75 Å². The SMILES string of the molecule is CCC(C)(C)N(C)Cc1cc(C(N)=S)ccc1OC. The van der Waals surface area contributed by atoms with Crippen molar-refractivity contribution in [1.82, 2.24) is 4.90 Å². The van der Waals surface area contributed by atoms with Crippen LogP contribution in [0, 0.1) is 0 Å². The van der Waals surface area contributed by atoms with E-state index in [4.69, 9.17) is 22.7 Å². The van der Waals surface area contributed by atoms with Crippen molar-refractivity contribution in [2.24, 2.45) is 5.73 Å². The molecule has 0 aliphatic heterocycles. The number of nitrogens with two attached hydrogens (primary N) is 1. The summed E-state index contributed by atoms with van der Waals surface area (Å²) in [5.74, 6) is 0.874. The predicted octanol–water partition coefficient (Wildman–Crippen LogP) is 2.95. The summed E-state index contributed by atoms with van der Waals surface area (Å²) >= 11 is 5.03. The van der Waals surface area contributed by atoms with Gasteiger partial charge in [-0.15, -0.1) is 0 Å². The Kier molecular flexibility index (Phi) is 5.32. The van der Waals surface area contributed by atoms with Gasteiger partial charge in [-0.2, -0.15) is 0 Å². The number of benzene rings is 1. The molecule has 0 fully saturated rings. The van der Waals surface area contributed by atoms with Gasteiger partial charge in [0.25, 0.3) is 0 Å². The van der Waals surface area contributed by atoms with E-state index in [0.717, 1.165) is 29.8 Å². The van der Waals surface area contributed by atoms with Crippen LogP contribution in [0.5, 0.6) is 5.75 Å². The fraction of sp³-hybridized carbons (Fsp3) is 0.533. The Balaban J connectivity index is 3.04. The number of methoxy groups -OCH3 is 1. The number of hydrogen-bond donors (Lipinski definition) is 1. The smallest absolute Gasteiger partial charge is 0.123 e. The Hall–Kier alpha value is -1.13. The summed E-state index contributed by atoms with van der Waals surface area (Å²) in [6, 6.07) is 5.84. The molecule has 4 heteroatoms. The van der Waals surface area contributed by atoms with Gasteiger partial charge in [-0.1, -0.05) is 19.1 Å². The van der Waals surface area contributed by atoms with E-state index >= 15 is 0 Å². The first-order valence-corrected chi connectivity index (χ1v) is 6.90. The third-order valence-electron chi connectivity index (χ3n) is 3.87. The minimum absolute atomic E-state index is 0.143. The first-order valence-electron chi connectivity index (χ1n) is 6.49. The second kappa shape index (κ2) is 6.35. The molecule has 1 aromatic rings. The second-order valence-electron chi connectivity index (χ2n) is 5.41. The Morgan fingerprint density at radius 2 is 2.05 bits per heavy atom. The monoisotopic (exact) mass is 280 g/mol. The van der Waals surface area contributed by atoms with E-state index in [0.29, 0.717) is 4.99 Å². The van der Waals surface area contributed by atoms with Crippen LogP contribution in [0.25, 0.3) is 0 Å². The molecule has 3 nitrogen and oxygen atoms in total. The molecule has 0 radical (unpaired) electrons. The molecule has 0 aromatic heterocycles. The topological polar surface area (TPSA) is 38.5 Å². The van der Waals surface area contributed by atoms with Gasteiger partial charge < -0.3 is 10.5 Å². The van der Waals surface area contributed by atoms with E-state index in [9.17, 15) is 0 Å². The van der Waals surface area contributed by atoms with Crippen molar-refractivity contribution in [3.05, 3.63) is 29.3 Å². The van der Waals surface area contributed by atoms with E-state index in [2.05, 4.69) is 32.7 Å². The van der Waals surface area contributed by atoms with Crippen LogP contribution in [0.3, 0.4) is 0 Å². The molecule has 0 atom stereocenters. The average molecular weight is 280 g/mol. The molecule has 0 aliphatic carbocycles. The molecule has 0 unspecified atom stereocenters. The van der Waals surface area contributed by atoms with E-state index < -0.39 is 0 Å². The summed E-state index contributed by atoms with van der Waals surface area (Å²) in [7, 11) is 3.81. The number of rotatable bonds is 6. The number of hydrogen-bond acceptors (Lipinski definition) is 3. The summed E-state index contributed by atoms with van der Waals surface area (Å²) < 4.78 is 5.42. The van der Waals surface area contributed by atoms with Gasteiger partial charge in [0.05, 0.1) is 7.11 Å². The highest BCUT2D eigenvalue weighted by atomic mass is 32.1. The standard InChI is InChI=1S/C15H24N2OS/c1-6-15(2,3)17(4)10-12-9-11(14(16)19)7-8-13(12)18-5/h7-9H,6,10H2,1-5H3,(H2,16,19). The van der Waals surface area contributed by atoms with Crippen LogP contribution in [0.4, 0.5) is 0 Å². The molecule has 0 saturated carbocycles. The molecule has 0 saturated heterocycles. The first kappa shape index (κ1) is 15.9. The van der Waals surface area contributed by atoms with Crippen molar-refractivity contribution in [3.63, 3.8) is 0 Å². The zero-order valence-electron chi connectivity index (χ0n) is 12.5. The number of nitrogens with zero attached hydrogens (tertiary/aromatic N) is 1. The largest absolute Gasteiger partial charge is 0.496 e. The Bertz CT molecular complexity index is 457. The lowest BCUT2D eigenvalue weighted by Gasteiger charge is -2.35. The maximum atomic E-state index is 5.69. The lowest BCUT2D eigenvalue weighted by molar-refractivity contribution is 0.141. The van der Waals surface area contributed by atoms with E-state index in [-0.39, 0.29) is 5.54 Å².